The summed E-state index contributed by atoms with van der Waals surface area (Å²) in [4.78, 5) is 50.5. The molecule has 1 aliphatic heterocycles. The van der Waals surface area contributed by atoms with E-state index >= 15 is 0 Å². The average Bonchev–Trinajstić information content (AvgIpc) is 3.00. The first-order valence-electron chi connectivity index (χ1n) is 14.3. The fourth-order valence-electron chi connectivity index (χ4n) is 5.34. The first-order valence-corrected chi connectivity index (χ1v) is 14.3. The molecular formula is C30H39N7O5. The summed E-state index contributed by atoms with van der Waals surface area (Å²) in [5.74, 6) is 1.10. The molecule has 1 N–H and O–H groups in total. The summed E-state index contributed by atoms with van der Waals surface area (Å²) in [5, 5.41) is 12.4. The van der Waals surface area contributed by atoms with Crippen LogP contribution in [0.15, 0.2) is 18.3 Å². The van der Waals surface area contributed by atoms with Crippen LogP contribution in [0.1, 0.15) is 59.3 Å². The van der Waals surface area contributed by atoms with Crippen LogP contribution in [0.2, 0.25) is 0 Å². The number of hydrogen-bond acceptors (Lipinski definition) is 10. The summed E-state index contributed by atoms with van der Waals surface area (Å²) in [7, 11) is 5.55. The molecule has 2 amide bonds. The third-order valence-corrected chi connectivity index (χ3v) is 7.79. The number of pyridine rings is 2. The van der Waals surface area contributed by atoms with Crippen molar-refractivity contribution >= 4 is 30.2 Å². The maximum absolute atomic E-state index is 13.4. The molecule has 1 saturated carbocycles. The minimum atomic E-state index is -0.424. The number of amides is 2. The predicted octanol–water partition coefficient (Wildman–Crippen LogP) is 3.04. The Morgan fingerprint density at radius 3 is 2.60 bits per heavy atom. The molecule has 0 spiro atoms. The Morgan fingerprint density at radius 1 is 1.17 bits per heavy atom. The van der Waals surface area contributed by atoms with E-state index in [-0.39, 0.29) is 23.7 Å². The summed E-state index contributed by atoms with van der Waals surface area (Å²) in [5.41, 5.74) is 2.28. The first-order chi connectivity index (χ1) is 20.3. The molecule has 2 aliphatic rings. The van der Waals surface area contributed by atoms with Gasteiger partial charge in [-0.3, -0.25) is 19.9 Å². The molecule has 1 aliphatic carbocycles. The van der Waals surface area contributed by atoms with Gasteiger partial charge in [0.15, 0.2) is 6.29 Å². The van der Waals surface area contributed by atoms with E-state index in [1.807, 2.05) is 25.1 Å². The van der Waals surface area contributed by atoms with Crippen molar-refractivity contribution in [3.63, 3.8) is 0 Å². The number of aromatic nitrogens is 2. The number of ether oxygens (including phenoxy) is 2. The van der Waals surface area contributed by atoms with Crippen molar-refractivity contribution in [3.05, 3.63) is 40.7 Å². The number of nitrogens with zero attached hydrogens (tertiary/aromatic N) is 6. The lowest BCUT2D eigenvalue weighted by atomic mass is 9.95. The zero-order chi connectivity index (χ0) is 30.1. The van der Waals surface area contributed by atoms with Crippen molar-refractivity contribution in [2.24, 2.45) is 0 Å². The van der Waals surface area contributed by atoms with Crippen LogP contribution in [-0.4, -0.2) is 98.0 Å². The fraction of sp³-hybridized carbons (Fsp3) is 0.533. The largest absolute Gasteiger partial charge is 0.489 e. The molecule has 0 unspecified atom stereocenters. The lowest BCUT2D eigenvalue weighted by Crippen LogP contribution is -2.40. The van der Waals surface area contributed by atoms with E-state index in [1.54, 1.807) is 13.2 Å². The number of nitrogens with one attached hydrogen (secondary N) is 1. The van der Waals surface area contributed by atoms with E-state index in [0.29, 0.717) is 49.9 Å². The highest BCUT2D eigenvalue weighted by atomic mass is 16.5. The van der Waals surface area contributed by atoms with Crippen LogP contribution >= 0.6 is 0 Å². The molecule has 0 atom stereocenters. The van der Waals surface area contributed by atoms with E-state index in [2.05, 4.69) is 26.3 Å². The smallest absolute Gasteiger partial charge is 0.328 e. The van der Waals surface area contributed by atoms with Gasteiger partial charge in [0.05, 0.1) is 24.9 Å². The minimum absolute atomic E-state index is 0.0418. The van der Waals surface area contributed by atoms with E-state index in [4.69, 9.17) is 9.47 Å². The van der Waals surface area contributed by atoms with Crippen LogP contribution in [0.25, 0.3) is 0 Å². The first kappa shape index (κ1) is 31.0. The van der Waals surface area contributed by atoms with Crippen LogP contribution in [-0.2, 0) is 22.5 Å². The van der Waals surface area contributed by atoms with E-state index < -0.39 is 6.03 Å². The molecule has 0 aromatic carbocycles. The maximum atomic E-state index is 13.4. The van der Waals surface area contributed by atoms with E-state index in [0.717, 1.165) is 62.2 Å². The topological polar surface area (TPSA) is 141 Å². The van der Waals surface area contributed by atoms with Gasteiger partial charge in [-0.25, -0.2) is 14.8 Å². The summed E-state index contributed by atoms with van der Waals surface area (Å²) in [6.45, 7) is 2.75. The molecule has 12 nitrogen and oxygen atoms in total. The van der Waals surface area contributed by atoms with Gasteiger partial charge in [0, 0.05) is 39.4 Å². The number of methoxy groups -OCH3 is 1. The molecule has 3 heterocycles. The Balaban J connectivity index is 1.46. The molecule has 0 bridgehead atoms. The number of carbonyl (C=O) groups excluding carboxylic acids is 3. The summed E-state index contributed by atoms with van der Waals surface area (Å²) >= 11 is 0. The Morgan fingerprint density at radius 2 is 1.90 bits per heavy atom. The number of anilines is 2. The van der Waals surface area contributed by atoms with Gasteiger partial charge in [0.2, 0.25) is 0 Å². The van der Waals surface area contributed by atoms with Crippen LogP contribution in [0.4, 0.5) is 16.4 Å². The molecule has 1 fully saturated rings. The second kappa shape index (κ2) is 14.8. The number of nitriles is 1. The van der Waals surface area contributed by atoms with E-state index in [9.17, 15) is 19.6 Å². The SMILES string of the molecule is COC1CCC(Oc2cc(NC(=O)N3CCCc4cc(CN(C)CCN(C)CC=O)c(C=O)nc43)ncc2C#N)CC1. The summed E-state index contributed by atoms with van der Waals surface area (Å²) in [6.07, 6.45) is 8.07. The molecule has 4 rings (SSSR count). The Hall–Kier alpha value is -3.92. The van der Waals surface area contributed by atoms with Gasteiger partial charge in [0.1, 0.15) is 41.0 Å². The van der Waals surface area contributed by atoms with Crippen LogP contribution < -0.4 is 15.0 Å². The zero-order valence-electron chi connectivity index (χ0n) is 24.5. The fourth-order valence-corrected chi connectivity index (χ4v) is 5.34. The highest BCUT2D eigenvalue weighted by Crippen LogP contribution is 2.30. The quantitative estimate of drug-likeness (QED) is 0.374. The molecule has 2 aromatic rings. The van der Waals surface area contributed by atoms with Gasteiger partial charge < -0.3 is 19.2 Å². The molecule has 224 valence electrons. The van der Waals surface area contributed by atoms with Crippen LogP contribution in [0, 0.1) is 11.3 Å². The lowest BCUT2D eigenvalue weighted by molar-refractivity contribution is -0.108. The number of aryl methyl sites for hydroxylation is 1. The number of urea groups is 1. The van der Waals surface area contributed by atoms with Gasteiger partial charge in [-0.15, -0.1) is 0 Å². The monoisotopic (exact) mass is 577 g/mol. The standard InChI is InChI=1S/C30H39N7O5/c1-35(13-14-38)11-12-36(2)19-22-15-21-5-4-10-37(29(21)33-26(22)20-39)30(40)34-28-16-27(23(17-31)18-32-28)42-25-8-6-24(41-3)7-9-25/h14-16,18,20,24-25H,4-13,19H2,1-3H3,(H,32,34,40). The van der Waals surface area contributed by atoms with Gasteiger partial charge in [-0.05, 0) is 69.8 Å². The molecule has 42 heavy (non-hydrogen) atoms. The van der Waals surface area contributed by atoms with Gasteiger partial charge >= 0.3 is 6.03 Å². The molecule has 2 aromatic heterocycles. The van der Waals surface area contributed by atoms with Crippen molar-refractivity contribution in [2.75, 3.05) is 57.6 Å². The van der Waals surface area contributed by atoms with E-state index in [1.165, 1.54) is 11.1 Å². The summed E-state index contributed by atoms with van der Waals surface area (Å²) in [6, 6.07) is 5.23. The Labute approximate surface area is 246 Å². The number of hydrogen-bond donors (Lipinski definition) is 1. The Kier molecular flexibility index (Phi) is 10.9. The van der Waals surface area contributed by atoms with Gasteiger partial charge in [-0.1, -0.05) is 0 Å². The van der Waals surface area contributed by atoms with Crippen molar-refractivity contribution in [2.45, 2.75) is 57.3 Å². The molecule has 0 radical (unpaired) electrons. The van der Waals surface area contributed by atoms with Crippen molar-refractivity contribution in [1.82, 2.24) is 19.8 Å². The molecule has 0 saturated heterocycles. The highest BCUT2D eigenvalue weighted by molar-refractivity contribution is 6.01. The number of likely N-dealkylation sites (N-methyl/N-ethyl adjacent to an activating group) is 2. The Bertz CT molecular complexity index is 1310. The lowest BCUT2D eigenvalue weighted by Gasteiger charge is -2.30. The zero-order valence-corrected chi connectivity index (χ0v) is 24.5. The predicted molar refractivity (Wildman–Crippen MR) is 157 cm³/mol. The molecule has 12 heteroatoms. The minimum Gasteiger partial charge on any atom is -0.489 e. The summed E-state index contributed by atoms with van der Waals surface area (Å²) < 4.78 is 11.6. The molecular weight excluding hydrogens is 538 g/mol. The number of fused-ring (bicyclic) bond motifs is 1. The number of carbonyl (C=O) groups is 3. The van der Waals surface area contributed by atoms with Crippen molar-refractivity contribution < 1.29 is 23.9 Å². The second-order valence-corrected chi connectivity index (χ2v) is 10.9. The van der Waals surface area contributed by atoms with Gasteiger partial charge in [-0.2, -0.15) is 5.26 Å². The highest BCUT2D eigenvalue weighted by Gasteiger charge is 2.27. The number of aldehydes is 2. The normalized spacial score (nSPS) is 18.3. The average molecular weight is 578 g/mol. The second-order valence-electron chi connectivity index (χ2n) is 10.9. The third kappa shape index (κ3) is 7.88. The van der Waals surface area contributed by atoms with Crippen molar-refractivity contribution in [3.8, 4) is 11.8 Å². The number of rotatable bonds is 12. The maximum Gasteiger partial charge on any atom is 0.328 e. The van der Waals surface area contributed by atoms with Crippen molar-refractivity contribution in [1.29, 1.82) is 5.26 Å². The third-order valence-electron chi connectivity index (χ3n) is 7.79. The van der Waals surface area contributed by atoms with Gasteiger partial charge in [0.25, 0.3) is 0 Å². The van der Waals surface area contributed by atoms with Crippen LogP contribution in [0.5, 0.6) is 5.75 Å². The van der Waals surface area contributed by atoms with Crippen LogP contribution in [0.3, 0.4) is 0 Å².